The normalized spacial score (nSPS) is 39.4. The quantitative estimate of drug-likeness (QED) is 0.0768. The highest BCUT2D eigenvalue weighted by Crippen LogP contribution is 2.45. The van der Waals surface area contributed by atoms with Crippen LogP contribution in [0.3, 0.4) is 0 Å². The van der Waals surface area contributed by atoms with Crippen molar-refractivity contribution < 1.29 is 58.7 Å². The largest absolute Gasteiger partial charge is 0.494 e. The number of likely N-dealkylation sites (N-methyl/N-ethyl adjacent to an activating group) is 2. The Bertz CT molecular complexity index is 1930. The third-order valence-corrected chi connectivity index (χ3v) is 17.1. The highest BCUT2D eigenvalue weighted by atomic mass is 32.2. The number of carbonyl (C=O) groups excluding carboxylic acids is 1. The minimum absolute atomic E-state index is 0.162. The molecule has 0 radical (unpaired) electrons. The zero-order valence-electron chi connectivity index (χ0n) is 45.3. The number of hydrogen-bond donors (Lipinski definition) is 5. The number of ether oxygens (including phenoxy) is 6. The van der Waals surface area contributed by atoms with Gasteiger partial charge >= 0.3 is 5.97 Å². The van der Waals surface area contributed by atoms with Crippen LogP contribution >= 0.6 is 11.8 Å². The van der Waals surface area contributed by atoms with Crippen LogP contribution < -0.4 is 4.74 Å². The van der Waals surface area contributed by atoms with Crippen LogP contribution in [-0.4, -0.2) is 187 Å². The van der Waals surface area contributed by atoms with Crippen molar-refractivity contribution in [2.24, 2.45) is 23.7 Å². The van der Waals surface area contributed by atoms with Crippen molar-refractivity contribution in [2.75, 3.05) is 46.7 Å². The van der Waals surface area contributed by atoms with Gasteiger partial charge in [-0.15, -0.1) is 16.9 Å². The average Bonchev–Trinajstić information content (AvgIpc) is 3.78. The summed E-state index contributed by atoms with van der Waals surface area (Å²) in [5.41, 5.74) is -3.60. The number of aryl methyl sites for hydroxylation is 1. The zero-order chi connectivity index (χ0) is 52.6. The van der Waals surface area contributed by atoms with E-state index in [4.69, 9.17) is 28.4 Å². The predicted molar refractivity (Wildman–Crippen MR) is 273 cm³/mol. The Labute approximate surface area is 428 Å². The zero-order valence-corrected chi connectivity index (χ0v) is 46.1. The number of esters is 1. The fourth-order valence-corrected chi connectivity index (χ4v) is 12.3. The van der Waals surface area contributed by atoms with Gasteiger partial charge < -0.3 is 63.8 Å². The van der Waals surface area contributed by atoms with E-state index in [0.29, 0.717) is 39.1 Å². The minimum Gasteiger partial charge on any atom is -0.494 e. The topological polar surface area (TPSA) is 211 Å². The van der Waals surface area contributed by atoms with Gasteiger partial charge in [-0.05, 0) is 123 Å². The molecule has 3 fully saturated rings. The Morgan fingerprint density at radius 2 is 1.66 bits per heavy atom. The number of carbonyl (C=O) groups is 1. The molecular weight excluding hydrogens is 931 g/mol. The Kier molecular flexibility index (Phi) is 21.6. The van der Waals surface area contributed by atoms with Gasteiger partial charge in [-0.25, -0.2) is 0 Å². The molecule has 0 aliphatic carbocycles. The molecule has 71 heavy (non-hydrogen) atoms. The first-order valence-corrected chi connectivity index (χ1v) is 27.2. The summed E-state index contributed by atoms with van der Waals surface area (Å²) in [5.74, 6) is -1.14. The SMILES string of the molecule is CCCSc1ccc(OCCCn2cc(CCN(C)[C@H]3C[C@@H](C)O[C@@H](O[C@@H]4[C@@H](C)C([C@H]5C[C@@](C)(OC)[C@@H](O)[C@H](C)O5)[C@@H](C)C(=O)O[C@H](CC)[C@@](C)(O)[C@H](O)[C@@H](C)N(C)C[C@H](C)C[C@@]4(C)O)[C@@H]3O)nn2)cc1. The Hall–Kier alpha value is -2.46. The number of methoxy groups -OCH3 is 1. The highest BCUT2D eigenvalue weighted by Gasteiger charge is 2.55. The number of aromatic nitrogens is 3. The molecule has 0 bridgehead atoms. The average molecular weight is 1020 g/mol. The van der Waals surface area contributed by atoms with Crippen LogP contribution in [0.15, 0.2) is 35.4 Å². The lowest BCUT2D eigenvalue weighted by Gasteiger charge is -2.51. The lowest BCUT2D eigenvalue weighted by molar-refractivity contribution is -0.302. The summed E-state index contributed by atoms with van der Waals surface area (Å²) in [4.78, 5) is 19.9. The first-order chi connectivity index (χ1) is 33.4. The smallest absolute Gasteiger partial charge is 0.309 e. The second-order valence-electron chi connectivity index (χ2n) is 22.0. The summed E-state index contributed by atoms with van der Waals surface area (Å²) in [7, 11) is 5.36. The summed E-state index contributed by atoms with van der Waals surface area (Å²) >= 11 is 1.84. The Morgan fingerprint density at radius 3 is 2.31 bits per heavy atom. The van der Waals surface area contributed by atoms with Gasteiger partial charge in [-0.1, -0.05) is 39.8 Å². The standard InChI is InChI=1S/C53H91N5O12S/c1-15-26-71-40-20-18-39(19-21-40)66-25-17-23-58-31-38(54-55-58)22-24-56(12)41-27-33(4)67-50(45(41)59)70-48-34(5)44(42-29-52(10,65-14)47(61)37(8)68-42)35(6)49(62)69-43(16-2)53(11,64)46(60)36(7)57(13)30-32(3)28-51(48,9)63/h18-21,31-37,41-48,50,59-61,63-64H,15-17,22-30H2,1-14H3/t32-,33-,34+,35-,36-,37+,41+,42-,43-,44?,45-,46-,47+,48-,50+,51-,52-,53-/m1/s1. The van der Waals surface area contributed by atoms with Crippen LogP contribution in [0.1, 0.15) is 120 Å². The number of hydrogen-bond acceptors (Lipinski definition) is 17. The first-order valence-electron chi connectivity index (χ1n) is 26.2. The van der Waals surface area contributed by atoms with Crippen molar-refractivity contribution in [1.82, 2.24) is 24.8 Å². The second kappa shape index (κ2) is 25.9. The molecule has 0 spiro atoms. The molecule has 5 rings (SSSR count). The molecule has 18 atom stereocenters. The van der Waals surface area contributed by atoms with Gasteiger partial charge in [0.1, 0.15) is 35.8 Å². The molecule has 0 amide bonds. The molecule has 1 unspecified atom stereocenters. The molecule has 1 aromatic heterocycles. The molecule has 17 nitrogen and oxygen atoms in total. The fraction of sp³-hybridized carbons (Fsp3) is 0.830. The Balaban J connectivity index is 1.37. The fourth-order valence-electron chi connectivity index (χ4n) is 11.5. The van der Waals surface area contributed by atoms with E-state index in [9.17, 15) is 30.3 Å². The monoisotopic (exact) mass is 1020 g/mol. The molecule has 406 valence electrons. The first kappa shape index (κ1) is 59.4. The maximum absolute atomic E-state index is 14.6. The van der Waals surface area contributed by atoms with Crippen LogP contribution in [-0.2, 0) is 41.4 Å². The van der Waals surface area contributed by atoms with Crippen LogP contribution in [0.2, 0.25) is 0 Å². The van der Waals surface area contributed by atoms with Gasteiger partial charge in [0, 0.05) is 75.1 Å². The van der Waals surface area contributed by atoms with Gasteiger partial charge in [0.25, 0.3) is 0 Å². The molecule has 4 heterocycles. The van der Waals surface area contributed by atoms with Crippen molar-refractivity contribution in [3.05, 3.63) is 36.2 Å². The van der Waals surface area contributed by atoms with E-state index in [2.05, 4.69) is 34.3 Å². The third kappa shape index (κ3) is 14.9. The number of aliphatic hydroxyl groups is 5. The summed E-state index contributed by atoms with van der Waals surface area (Å²) < 4.78 is 40.0. The number of thioether (sulfide) groups is 1. The molecule has 3 saturated heterocycles. The van der Waals surface area contributed by atoms with Crippen molar-refractivity contribution in [3.63, 3.8) is 0 Å². The predicted octanol–water partition coefficient (Wildman–Crippen LogP) is 5.35. The van der Waals surface area contributed by atoms with E-state index >= 15 is 0 Å². The third-order valence-electron chi connectivity index (χ3n) is 15.9. The lowest BCUT2D eigenvalue weighted by Crippen LogP contribution is -2.62. The minimum atomic E-state index is -1.81. The van der Waals surface area contributed by atoms with Gasteiger partial charge in [0.15, 0.2) is 6.29 Å². The Morgan fingerprint density at radius 1 is 0.972 bits per heavy atom. The van der Waals surface area contributed by atoms with Crippen molar-refractivity contribution in [3.8, 4) is 5.75 Å². The van der Waals surface area contributed by atoms with Crippen LogP contribution in [0.4, 0.5) is 0 Å². The van der Waals surface area contributed by atoms with Crippen molar-refractivity contribution >= 4 is 17.7 Å². The van der Waals surface area contributed by atoms with Crippen molar-refractivity contribution in [1.29, 1.82) is 0 Å². The summed E-state index contributed by atoms with van der Waals surface area (Å²) in [5, 5.41) is 68.9. The van der Waals surface area contributed by atoms with E-state index in [-0.39, 0.29) is 37.3 Å². The lowest BCUT2D eigenvalue weighted by atomic mass is 9.68. The van der Waals surface area contributed by atoms with E-state index in [0.717, 1.165) is 30.0 Å². The maximum Gasteiger partial charge on any atom is 0.309 e. The molecule has 3 aliphatic heterocycles. The van der Waals surface area contributed by atoms with Crippen LogP contribution in [0, 0.1) is 23.7 Å². The van der Waals surface area contributed by atoms with Crippen LogP contribution in [0.25, 0.3) is 0 Å². The van der Waals surface area contributed by atoms with E-state index in [1.807, 2.05) is 88.4 Å². The number of benzene rings is 1. The summed E-state index contributed by atoms with van der Waals surface area (Å²) in [6, 6.07) is 7.28. The molecular formula is C53H91N5O12S. The second-order valence-corrected chi connectivity index (χ2v) is 23.2. The molecule has 5 N–H and O–H groups in total. The van der Waals surface area contributed by atoms with Crippen molar-refractivity contribution in [2.45, 2.75) is 217 Å². The van der Waals surface area contributed by atoms with E-state index in [1.54, 1.807) is 27.7 Å². The van der Waals surface area contributed by atoms with Crippen LogP contribution in [0.5, 0.6) is 5.75 Å². The molecule has 18 heteroatoms. The number of aliphatic hydroxyl groups excluding tert-OH is 3. The molecule has 3 aliphatic rings. The van der Waals surface area contributed by atoms with Gasteiger partial charge in [-0.2, -0.15) is 0 Å². The van der Waals surface area contributed by atoms with E-state index < -0.39 is 95.6 Å². The number of rotatable bonds is 17. The maximum atomic E-state index is 14.6. The number of nitrogens with zero attached hydrogens (tertiary/aromatic N) is 5. The summed E-state index contributed by atoms with van der Waals surface area (Å²) in [6.07, 6.45) is -2.74. The molecule has 1 aromatic carbocycles. The highest BCUT2D eigenvalue weighted by molar-refractivity contribution is 7.99. The van der Waals surface area contributed by atoms with Gasteiger partial charge in [0.05, 0.1) is 53.8 Å². The summed E-state index contributed by atoms with van der Waals surface area (Å²) in [6.45, 7) is 22.4. The molecule has 0 saturated carbocycles. The van der Waals surface area contributed by atoms with Gasteiger partial charge in [0.2, 0.25) is 0 Å². The van der Waals surface area contributed by atoms with E-state index in [1.165, 1.54) is 18.9 Å². The molecule has 2 aromatic rings. The number of cyclic esters (lactones) is 1. The van der Waals surface area contributed by atoms with Gasteiger partial charge in [-0.3, -0.25) is 9.48 Å².